The SMILES string of the molecule is O=C(CSc1nnc(-c2ccccc2)n1-c1ccccc1)NCc1nccs1. The number of para-hydroxylation sites is 1. The monoisotopic (exact) mass is 407 g/mol. The van der Waals surface area contributed by atoms with E-state index in [4.69, 9.17) is 0 Å². The molecular weight excluding hydrogens is 390 g/mol. The van der Waals surface area contributed by atoms with Crippen LogP contribution in [0.4, 0.5) is 0 Å². The molecule has 2 aromatic heterocycles. The third-order valence-electron chi connectivity index (χ3n) is 3.93. The van der Waals surface area contributed by atoms with Crippen LogP contribution in [0.15, 0.2) is 77.4 Å². The standard InChI is InChI=1S/C20H17N5OS2/c26-17(22-13-18-21-11-12-27-18)14-28-20-24-23-19(15-7-3-1-4-8-15)25(20)16-9-5-2-6-10-16/h1-12H,13-14H2,(H,22,26). The lowest BCUT2D eigenvalue weighted by Crippen LogP contribution is -2.24. The highest BCUT2D eigenvalue weighted by Gasteiger charge is 2.17. The van der Waals surface area contributed by atoms with Gasteiger partial charge >= 0.3 is 0 Å². The summed E-state index contributed by atoms with van der Waals surface area (Å²) in [7, 11) is 0. The molecule has 0 aliphatic carbocycles. The van der Waals surface area contributed by atoms with Gasteiger partial charge in [0.25, 0.3) is 0 Å². The van der Waals surface area contributed by atoms with E-state index >= 15 is 0 Å². The quantitative estimate of drug-likeness (QED) is 0.472. The Morgan fingerprint density at radius 2 is 1.79 bits per heavy atom. The molecule has 0 fully saturated rings. The van der Waals surface area contributed by atoms with Gasteiger partial charge in [0.05, 0.1) is 12.3 Å². The van der Waals surface area contributed by atoms with Crippen LogP contribution in [0.1, 0.15) is 5.01 Å². The number of carbonyl (C=O) groups is 1. The van der Waals surface area contributed by atoms with Gasteiger partial charge in [0.1, 0.15) is 5.01 Å². The number of amides is 1. The number of thioether (sulfide) groups is 1. The summed E-state index contributed by atoms with van der Waals surface area (Å²) in [6.45, 7) is 0.442. The fourth-order valence-corrected chi connectivity index (χ4v) is 3.98. The molecule has 2 heterocycles. The average molecular weight is 408 g/mol. The van der Waals surface area contributed by atoms with E-state index in [1.54, 1.807) is 6.20 Å². The molecule has 4 rings (SSSR count). The van der Waals surface area contributed by atoms with Crippen molar-refractivity contribution in [1.82, 2.24) is 25.1 Å². The molecule has 0 aliphatic rings. The molecule has 1 N–H and O–H groups in total. The van der Waals surface area contributed by atoms with Crippen LogP contribution in [0.3, 0.4) is 0 Å². The maximum atomic E-state index is 12.2. The van der Waals surface area contributed by atoms with Crippen LogP contribution in [-0.2, 0) is 11.3 Å². The van der Waals surface area contributed by atoms with E-state index in [0.29, 0.717) is 11.7 Å². The van der Waals surface area contributed by atoms with Crippen LogP contribution in [0.25, 0.3) is 17.1 Å². The molecule has 0 saturated carbocycles. The number of thiazole rings is 1. The molecule has 0 spiro atoms. The number of aromatic nitrogens is 4. The smallest absolute Gasteiger partial charge is 0.230 e. The Morgan fingerprint density at radius 3 is 2.50 bits per heavy atom. The summed E-state index contributed by atoms with van der Waals surface area (Å²) in [5.41, 5.74) is 1.93. The van der Waals surface area contributed by atoms with Crippen molar-refractivity contribution in [2.24, 2.45) is 0 Å². The van der Waals surface area contributed by atoms with Crippen molar-refractivity contribution >= 4 is 29.0 Å². The summed E-state index contributed by atoms with van der Waals surface area (Å²) in [5, 5.41) is 15.1. The Labute approximate surface area is 170 Å². The molecule has 0 radical (unpaired) electrons. The topological polar surface area (TPSA) is 72.7 Å². The second-order valence-corrected chi connectivity index (χ2v) is 7.76. The second kappa shape index (κ2) is 8.81. The van der Waals surface area contributed by atoms with Gasteiger partial charge in [-0.05, 0) is 12.1 Å². The zero-order valence-electron chi connectivity index (χ0n) is 14.9. The Kier molecular flexibility index (Phi) is 5.79. The summed E-state index contributed by atoms with van der Waals surface area (Å²) in [6.07, 6.45) is 1.73. The molecule has 8 heteroatoms. The minimum atomic E-state index is -0.0657. The number of carbonyl (C=O) groups excluding carboxylic acids is 1. The molecule has 0 atom stereocenters. The van der Waals surface area contributed by atoms with E-state index in [0.717, 1.165) is 22.1 Å². The van der Waals surface area contributed by atoms with Crippen molar-refractivity contribution in [3.8, 4) is 17.1 Å². The first kappa shape index (κ1) is 18.4. The summed E-state index contributed by atoms with van der Waals surface area (Å²) < 4.78 is 1.98. The number of nitrogens with one attached hydrogen (secondary N) is 1. The lowest BCUT2D eigenvalue weighted by atomic mass is 10.2. The Bertz CT molecular complexity index is 1030. The van der Waals surface area contributed by atoms with Crippen molar-refractivity contribution in [2.45, 2.75) is 11.7 Å². The van der Waals surface area contributed by atoms with Crippen molar-refractivity contribution in [2.75, 3.05) is 5.75 Å². The highest BCUT2D eigenvalue weighted by atomic mass is 32.2. The van der Waals surface area contributed by atoms with Gasteiger partial charge in [0.15, 0.2) is 11.0 Å². The van der Waals surface area contributed by atoms with Gasteiger partial charge in [-0.1, -0.05) is 60.3 Å². The maximum Gasteiger partial charge on any atom is 0.230 e. The van der Waals surface area contributed by atoms with Gasteiger partial charge in [-0.2, -0.15) is 0 Å². The van der Waals surface area contributed by atoms with E-state index in [1.807, 2.05) is 70.6 Å². The van der Waals surface area contributed by atoms with Crippen LogP contribution in [0.2, 0.25) is 0 Å². The lowest BCUT2D eigenvalue weighted by Gasteiger charge is -2.10. The fraction of sp³-hybridized carbons (Fsp3) is 0.100. The van der Waals surface area contributed by atoms with Crippen LogP contribution in [0, 0.1) is 0 Å². The number of hydrogen-bond donors (Lipinski definition) is 1. The molecule has 4 aromatic rings. The van der Waals surface area contributed by atoms with Gasteiger partial charge in [-0.15, -0.1) is 21.5 Å². The summed E-state index contributed by atoms with van der Waals surface area (Å²) in [4.78, 5) is 16.4. The molecule has 0 saturated heterocycles. The average Bonchev–Trinajstić information content (AvgIpc) is 3.42. The van der Waals surface area contributed by atoms with Crippen LogP contribution >= 0.6 is 23.1 Å². The molecule has 140 valence electrons. The molecular formula is C20H17N5OS2. The number of hydrogen-bond acceptors (Lipinski definition) is 6. The zero-order chi connectivity index (χ0) is 19.2. The van der Waals surface area contributed by atoms with Crippen molar-refractivity contribution < 1.29 is 4.79 Å². The van der Waals surface area contributed by atoms with E-state index < -0.39 is 0 Å². The van der Waals surface area contributed by atoms with Crippen molar-refractivity contribution in [1.29, 1.82) is 0 Å². The fourth-order valence-electron chi connectivity index (χ4n) is 2.64. The predicted molar refractivity (Wildman–Crippen MR) is 111 cm³/mol. The lowest BCUT2D eigenvalue weighted by molar-refractivity contribution is -0.118. The van der Waals surface area contributed by atoms with Gasteiger partial charge in [0.2, 0.25) is 5.91 Å². The van der Waals surface area contributed by atoms with Gasteiger partial charge in [-0.25, -0.2) is 4.98 Å². The molecule has 28 heavy (non-hydrogen) atoms. The van der Waals surface area contributed by atoms with Crippen molar-refractivity contribution in [3.63, 3.8) is 0 Å². The Hall–Kier alpha value is -2.97. The van der Waals surface area contributed by atoms with Crippen LogP contribution < -0.4 is 5.32 Å². The third kappa shape index (κ3) is 4.29. The zero-order valence-corrected chi connectivity index (χ0v) is 16.5. The van der Waals surface area contributed by atoms with Crippen LogP contribution in [-0.4, -0.2) is 31.4 Å². The Morgan fingerprint density at radius 1 is 1.04 bits per heavy atom. The first-order valence-electron chi connectivity index (χ1n) is 8.65. The molecule has 0 bridgehead atoms. The molecule has 6 nitrogen and oxygen atoms in total. The molecule has 2 aromatic carbocycles. The Balaban J connectivity index is 1.53. The predicted octanol–water partition coefficient (Wildman–Crippen LogP) is 3.80. The number of rotatable bonds is 7. The molecule has 0 unspecified atom stereocenters. The highest BCUT2D eigenvalue weighted by Crippen LogP contribution is 2.27. The molecule has 0 aliphatic heterocycles. The summed E-state index contributed by atoms with van der Waals surface area (Å²) in [5.74, 6) is 0.937. The largest absolute Gasteiger partial charge is 0.349 e. The minimum absolute atomic E-state index is 0.0657. The maximum absolute atomic E-state index is 12.2. The van der Waals surface area contributed by atoms with Crippen LogP contribution in [0.5, 0.6) is 0 Å². The third-order valence-corrected chi connectivity index (χ3v) is 5.64. The van der Waals surface area contributed by atoms with E-state index in [-0.39, 0.29) is 11.7 Å². The highest BCUT2D eigenvalue weighted by molar-refractivity contribution is 7.99. The first-order chi connectivity index (χ1) is 13.8. The van der Waals surface area contributed by atoms with E-state index in [2.05, 4.69) is 20.5 Å². The first-order valence-corrected chi connectivity index (χ1v) is 10.5. The van der Waals surface area contributed by atoms with Gasteiger partial charge in [0, 0.05) is 22.8 Å². The summed E-state index contributed by atoms with van der Waals surface area (Å²) in [6, 6.07) is 19.8. The normalized spacial score (nSPS) is 10.7. The van der Waals surface area contributed by atoms with Gasteiger partial charge < -0.3 is 5.32 Å². The van der Waals surface area contributed by atoms with E-state index in [9.17, 15) is 4.79 Å². The van der Waals surface area contributed by atoms with Crippen molar-refractivity contribution in [3.05, 3.63) is 77.2 Å². The minimum Gasteiger partial charge on any atom is -0.349 e. The summed E-state index contributed by atoms with van der Waals surface area (Å²) >= 11 is 2.88. The molecule has 1 amide bonds. The number of nitrogens with zero attached hydrogens (tertiary/aromatic N) is 4. The van der Waals surface area contributed by atoms with E-state index in [1.165, 1.54) is 23.1 Å². The number of benzene rings is 2. The second-order valence-electron chi connectivity index (χ2n) is 5.83. The van der Waals surface area contributed by atoms with Gasteiger partial charge in [-0.3, -0.25) is 9.36 Å².